The molecule has 2 rings (SSSR count). The van der Waals surface area contributed by atoms with Gasteiger partial charge < -0.3 is 14.6 Å². The molecule has 0 amide bonds. The second kappa shape index (κ2) is 7.33. The van der Waals surface area contributed by atoms with Crippen molar-refractivity contribution in [3.8, 4) is 11.5 Å². The maximum Gasteiger partial charge on any atom is 0.335 e. The van der Waals surface area contributed by atoms with E-state index in [0.717, 1.165) is 11.6 Å². The van der Waals surface area contributed by atoms with E-state index in [4.69, 9.17) is 14.6 Å². The van der Waals surface area contributed by atoms with Gasteiger partial charge in [0.1, 0.15) is 4.90 Å². The number of methoxy groups -OCH3 is 2. The number of carboxylic acids is 1. The molecule has 0 spiro atoms. The van der Waals surface area contributed by atoms with Crippen LogP contribution in [-0.2, 0) is 16.6 Å². The van der Waals surface area contributed by atoms with E-state index in [1.807, 2.05) is 6.07 Å². The van der Waals surface area contributed by atoms with Gasteiger partial charge in [-0.25, -0.2) is 17.9 Å². The van der Waals surface area contributed by atoms with Crippen molar-refractivity contribution in [2.24, 2.45) is 0 Å². The summed E-state index contributed by atoms with van der Waals surface area (Å²) in [6.45, 7) is 0.0615. The molecule has 24 heavy (non-hydrogen) atoms. The number of sulfonamides is 1. The van der Waals surface area contributed by atoms with Crippen molar-refractivity contribution >= 4 is 16.0 Å². The van der Waals surface area contributed by atoms with Gasteiger partial charge in [0, 0.05) is 6.54 Å². The van der Waals surface area contributed by atoms with E-state index in [9.17, 15) is 13.2 Å². The van der Waals surface area contributed by atoms with Crippen molar-refractivity contribution in [1.29, 1.82) is 0 Å². The lowest BCUT2D eigenvalue weighted by molar-refractivity contribution is 0.0696. The molecular formula is C16H17NO6S. The van der Waals surface area contributed by atoms with E-state index in [1.165, 1.54) is 20.3 Å². The number of benzene rings is 2. The molecule has 0 aliphatic heterocycles. The average Bonchev–Trinajstić information content (AvgIpc) is 2.59. The first-order chi connectivity index (χ1) is 11.4. The van der Waals surface area contributed by atoms with Gasteiger partial charge in [-0.15, -0.1) is 0 Å². The van der Waals surface area contributed by atoms with Crippen LogP contribution in [0, 0.1) is 0 Å². The lowest BCUT2D eigenvalue weighted by Gasteiger charge is -2.15. The third-order valence-electron chi connectivity index (χ3n) is 3.29. The Kier molecular flexibility index (Phi) is 5.42. The highest BCUT2D eigenvalue weighted by molar-refractivity contribution is 7.89. The first-order valence-electron chi connectivity index (χ1n) is 6.92. The summed E-state index contributed by atoms with van der Waals surface area (Å²) >= 11 is 0. The lowest BCUT2D eigenvalue weighted by Crippen LogP contribution is -2.24. The van der Waals surface area contributed by atoms with Crippen LogP contribution in [0.2, 0.25) is 0 Å². The summed E-state index contributed by atoms with van der Waals surface area (Å²) in [6.07, 6.45) is 0. The largest absolute Gasteiger partial charge is 0.493 e. The number of hydrogen-bond donors (Lipinski definition) is 2. The first kappa shape index (κ1) is 17.8. The fourth-order valence-corrected chi connectivity index (χ4v) is 3.33. The van der Waals surface area contributed by atoms with Gasteiger partial charge in [-0.05, 0) is 17.7 Å². The first-order valence-corrected chi connectivity index (χ1v) is 8.40. The molecule has 8 heteroatoms. The zero-order valence-electron chi connectivity index (χ0n) is 13.1. The van der Waals surface area contributed by atoms with E-state index in [-0.39, 0.29) is 28.5 Å². The number of aromatic carboxylic acids is 1. The number of rotatable bonds is 7. The quantitative estimate of drug-likeness (QED) is 0.790. The Bertz CT molecular complexity index is 833. The minimum atomic E-state index is -4.01. The monoisotopic (exact) mass is 351 g/mol. The predicted molar refractivity (Wildman–Crippen MR) is 87.0 cm³/mol. The Morgan fingerprint density at radius 2 is 1.79 bits per heavy atom. The fraction of sp³-hybridized carbons (Fsp3) is 0.188. The number of carbonyl (C=O) groups is 1. The van der Waals surface area contributed by atoms with Crippen LogP contribution >= 0.6 is 0 Å². The molecule has 0 fully saturated rings. The molecule has 2 N–H and O–H groups in total. The molecule has 7 nitrogen and oxygen atoms in total. The van der Waals surface area contributed by atoms with Crippen LogP contribution in [-0.4, -0.2) is 33.7 Å². The van der Waals surface area contributed by atoms with Gasteiger partial charge in [0.2, 0.25) is 10.0 Å². The van der Waals surface area contributed by atoms with Gasteiger partial charge in [-0.1, -0.05) is 30.3 Å². The summed E-state index contributed by atoms with van der Waals surface area (Å²) in [7, 11) is -1.42. The van der Waals surface area contributed by atoms with E-state index >= 15 is 0 Å². The van der Waals surface area contributed by atoms with Crippen LogP contribution in [0.5, 0.6) is 11.5 Å². The molecule has 0 unspecified atom stereocenters. The van der Waals surface area contributed by atoms with Gasteiger partial charge in [-0.3, -0.25) is 0 Å². The summed E-state index contributed by atoms with van der Waals surface area (Å²) in [5.74, 6) is -1.30. The molecule has 2 aromatic carbocycles. The van der Waals surface area contributed by atoms with Crippen molar-refractivity contribution in [2.45, 2.75) is 11.4 Å². The maximum atomic E-state index is 12.6. The number of hydrogen-bond acceptors (Lipinski definition) is 5. The third-order valence-corrected chi connectivity index (χ3v) is 4.70. The van der Waals surface area contributed by atoms with Gasteiger partial charge in [-0.2, -0.15) is 0 Å². The highest BCUT2D eigenvalue weighted by atomic mass is 32.2. The smallest absolute Gasteiger partial charge is 0.335 e. The maximum absolute atomic E-state index is 12.6. The van der Waals surface area contributed by atoms with Crippen LogP contribution in [0.25, 0.3) is 0 Å². The van der Waals surface area contributed by atoms with Gasteiger partial charge >= 0.3 is 5.97 Å². The minimum Gasteiger partial charge on any atom is -0.493 e. The third kappa shape index (κ3) is 3.84. The van der Waals surface area contributed by atoms with Crippen molar-refractivity contribution in [3.05, 3.63) is 53.6 Å². The molecule has 0 aliphatic carbocycles. The molecule has 0 radical (unpaired) electrons. The zero-order valence-corrected chi connectivity index (χ0v) is 14.0. The van der Waals surface area contributed by atoms with Crippen molar-refractivity contribution in [1.82, 2.24) is 4.72 Å². The SMILES string of the molecule is COc1cc(C(=O)O)cc(S(=O)(=O)NCc2ccccc2)c1OC. The van der Waals surface area contributed by atoms with Gasteiger partial charge in [0.25, 0.3) is 0 Å². The number of nitrogens with one attached hydrogen (secondary N) is 1. The van der Waals surface area contributed by atoms with E-state index in [2.05, 4.69) is 4.72 Å². The Labute approximate surface area is 139 Å². The van der Waals surface area contributed by atoms with Crippen molar-refractivity contribution in [3.63, 3.8) is 0 Å². The average molecular weight is 351 g/mol. The Balaban J connectivity index is 2.44. The molecule has 128 valence electrons. The summed E-state index contributed by atoms with van der Waals surface area (Å²) in [4.78, 5) is 10.9. The topological polar surface area (TPSA) is 102 Å². The summed E-state index contributed by atoms with van der Waals surface area (Å²) in [5, 5.41) is 9.15. The lowest BCUT2D eigenvalue weighted by atomic mass is 10.2. The summed E-state index contributed by atoms with van der Waals surface area (Å²) in [6, 6.07) is 11.2. The molecule has 0 aliphatic rings. The van der Waals surface area contributed by atoms with Crippen molar-refractivity contribution in [2.75, 3.05) is 14.2 Å². The molecule has 2 aromatic rings. The van der Waals surface area contributed by atoms with Gasteiger partial charge in [0.15, 0.2) is 11.5 Å². The summed E-state index contributed by atoms with van der Waals surface area (Å²) in [5.41, 5.74) is 0.550. The minimum absolute atomic E-state index is 0.0255. The van der Waals surface area contributed by atoms with Crippen LogP contribution < -0.4 is 14.2 Å². The molecule has 0 saturated heterocycles. The second-order valence-electron chi connectivity index (χ2n) is 4.83. The molecule has 0 bridgehead atoms. The van der Waals surface area contributed by atoms with E-state index in [0.29, 0.717) is 0 Å². The highest BCUT2D eigenvalue weighted by Gasteiger charge is 2.25. The molecular weight excluding hydrogens is 334 g/mol. The van der Waals surface area contributed by atoms with Crippen molar-refractivity contribution < 1.29 is 27.8 Å². The van der Waals surface area contributed by atoms with E-state index in [1.54, 1.807) is 24.3 Å². The molecule has 0 aromatic heterocycles. The Hall–Kier alpha value is -2.58. The molecule has 0 heterocycles. The number of carboxylic acid groups (broad SMARTS) is 1. The molecule has 0 atom stereocenters. The zero-order chi connectivity index (χ0) is 17.7. The Morgan fingerprint density at radius 1 is 1.12 bits per heavy atom. The molecule has 0 saturated carbocycles. The highest BCUT2D eigenvalue weighted by Crippen LogP contribution is 2.35. The summed E-state index contributed by atoms with van der Waals surface area (Å²) < 4.78 is 37.8. The van der Waals surface area contributed by atoms with Crippen LogP contribution in [0.15, 0.2) is 47.4 Å². The normalized spacial score (nSPS) is 11.1. The fourth-order valence-electron chi connectivity index (χ4n) is 2.10. The standard InChI is InChI=1S/C16H17NO6S/c1-22-13-8-12(16(18)19)9-14(15(13)23-2)24(20,21)17-10-11-6-4-3-5-7-11/h3-9,17H,10H2,1-2H3,(H,18,19). The van der Waals surface area contributed by atoms with Gasteiger partial charge in [0.05, 0.1) is 19.8 Å². The van der Waals surface area contributed by atoms with E-state index < -0.39 is 16.0 Å². The second-order valence-corrected chi connectivity index (χ2v) is 6.56. The van der Waals surface area contributed by atoms with Crippen LogP contribution in [0.3, 0.4) is 0 Å². The van der Waals surface area contributed by atoms with Crippen LogP contribution in [0.4, 0.5) is 0 Å². The Morgan fingerprint density at radius 3 is 2.33 bits per heavy atom. The van der Waals surface area contributed by atoms with Crippen LogP contribution in [0.1, 0.15) is 15.9 Å². The predicted octanol–water partition coefficient (Wildman–Crippen LogP) is 1.88. The number of ether oxygens (including phenoxy) is 2.